The lowest BCUT2D eigenvalue weighted by Crippen LogP contribution is -2.11. The zero-order valence-electron chi connectivity index (χ0n) is 8.22. The number of aromatic nitrogens is 2. The van der Waals surface area contributed by atoms with Crippen molar-refractivity contribution in [3.05, 3.63) is 48.0 Å². The Balaban J connectivity index is 2.14. The minimum absolute atomic E-state index is 0.301. The largest absolute Gasteiger partial charge is 0.365 e. The van der Waals surface area contributed by atoms with Gasteiger partial charge in [-0.3, -0.25) is 10.2 Å². The van der Waals surface area contributed by atoms with E-state index in [0.29, 0.717) is 11.3 Å². The van der Waals surface area contributed by atoms with Crippen LogP contribution in [0.5, 0.6) is 0 Å². The van der Waals surface area contributed by atoms with E-state index in [4.69, 9.17) is 5.73 Å². The third kappa shape index (κ3) is 2.17. The normalized spacial score (nSPS) is 10.1. The van der Waals surface area contributed by atoms with Gasteiger partial charge < -0.3 is 5.73 Å². The maximum Gasteiger partial charge on any atom is 0.251 e. The second-order valence-corrected chi connectivity index (χ2v) is 3.16. The van der Waals surface area contributed by atoms with Crippen LogP contribution >= 0.6 is 0 Å². The molecule has 6 heteroatoms. The molecule has 3 N–H and O–H groups in total. The van der Waals surface area contributed by atoms with Crippen molar-refractivity contribution in [2.24, 2.45) is 5.73 Å². The van der Waals surface area contributed by atoms with Gasteiger partial charge >= 0.3 is 0 Å². The smallest absolute Gasteiger partial charge is 0.251 e. The van der Waals surface area contributed by atoms with Crippen LogP contribution in [0.3, 0.4) is 0 Å². The number of nitrogens with zero attached hydrogens (tertiary/aromatic N) is 2. The van der Waals surface area contributed by atoms with E-state index in [1.165, 1.54) is 29.3 Å². The number of benzene rings is 1. The fraction of sp³-hybridized carbons (Fsp3) is 0. The third-order valence-corrected chi connectivity index (χ3v) is 1.95. The lowest BCUT2D eigenvalue weighted by molar-refractivity contribution is 0.100. The molecule has 2 rings (SSSR count). The molecule has 0 aliphatic heterocycles. The van der Waals surface area contributed by atoms with Gasteiger partial charge in [0.05, 0.1) is 23.6 Å². The van der Waals surface area contributed by atoms with Gasteiger partial charge in [-0.15, -0.1) is 0 Å². The van der Waals surface area contributed by atoms with Crippen molar-refractivity contribution in [2.45, 2.75) is 0 Å². The molecule has 0 aliphatic rings. The number of halogens is 1. The van der Waals surface area contributed by atoms with E-state index in [1.807, 2.05) is 0 Å². The van der Waals surface area contributed by atoms with Gasteiger partial charge in [0.2, 0.25) is 0 Å². The summed E-state index contributed by atoms with van der Waals surface area (Å²) < 4.78 is 12.6. The van der Waals surface area contributed by atoms with Crippen LogP contribution in [0.1, 0.15) is 10.4 Å². The van der Waals surface area contributed by atoms with Crippen LogP contribution in [0.25, 0.3) is 0 Å². The fourth-order valence-corrected chi connectivity index (χ4v) is 1.17. The number of carbonyl (C=O) groups is 1. The average Bonchev–Trinajstić information content (AvgIpc) is 2.70. The van der Waals surface area contributed by atoms with Crippen LogP contribution in [-0.2, 0) is 0 Å². The van der Waals surface area contributed by atoms with Gasteiger partial charge in [-0.05, 0) is 24.3 Å². The molecule has 0 bridgehead atoms. The van der Waals surface area contributed by atoms with Crippen LogP contribution in [0.4, 0.5) is 10.1 Å². The van der Waals surface area contributed by atoms with E-state index in [0.717, 1.165) is 0 Å². The Labute approximate surface area is 90.6 Å². The molecule has 1 aromatic carbocycles. The molecule has 82 valence electrons. The summed E-state index contributed by atoms with van der Waals surface area (Å²) in [6.45, 7) is 0. The molecule has 0 radical (unpaired) electrons. The number of hydrogen-bond acceptors (Lipinski definition) is 3. The molecule has 0 unspecified atom stereocenters. The van der Waals surface area contributed by atoms with Crippen molar-refractivity contribution in [1.29, 1.82) is 0 Å². The summed E-state index contributed by atoms with van der Waals surface area (Å²) in [7, 11) is 0. The zero-order valence-corrected chi connectivity index (χ0v) is 8.22. The monoisotopic (exact) mass is 220 g/mol. The highest BCUT2D eigenvalue weighted by molar-refractivity contribution is 5.92. The van der Waals surface area contributed by atoms with E-state index in [9.17, 15) is 9.18 Å². The van der Waals surface area contributed by atoms with Crippen molar-refractivity contribution in [3.63, 3.8) is 0 Å². The summed E-state index contributed by atoms with van der Waals surface area (Å²) in [6, 6.07) is 5.75. The maximum atomic E-state index is 12.6. The average molecular weight is 220 g/mol. The first-order valence-electron chi connectivity index (χ1n) is 4.52. The summed E-state index contributed by atoms with van der Waals surface area (Å²) >= 11 is 0. The van der Waals surface area contributed by atoms with Crippen LogP contribution in [0.15, 0.2) is 36.7 Å². The van der Waals surface area contributed by atoms with Crippen molar-refractivity contribution in [3.8, 4) is 0 Å². The first kappa shape index (κ1) is 10.2. The Morgan fingerprint density at radius 2 is 2.06 bits per heavy atom. The van der Waals surface area contributed by atoms with Crippen molar-refractivity contribution >= 4 is 11.6 Å². The summed E-state index contributed by atoms with van der Waals surface area (Å²) in [5.74, 6) is -0.865. The highest BCUT2D eigenvalue weighted by atomic mass is 19.1. The Bertz CT molecular complexity index is 506. The molecule has 0 saturated carbocycles. The number of hydrogen-bond donors (Lipinski definition) is 2. The zero-order chi connectivity index (χ0) is 11.5. The van der Waals surface area contributed by atoms with Gasteiger partial charge in [0.15, 0.2) is 0 Å². The molecule has 0 aliphatic carbocycles. The summed E-state index contributed by atoms with van der Waals surface area (Å²) in [5, 5.41) is 3.87. The summed E-state index contributed by atoms with van der Waals surface area (Å²) in [6.07, 6.45) is 2.80. The predicted octanol–water partition coefficient (Wildman–Crippen LogP) is 0.996. The lowest BCUT2D eigenvalue weighted by atomic mass is 10.3. The number of nitrogens with two attached hydrogens (primary N) is 1. The minimum Gasteiger partial charge on any atom is -0.365 e. The Hall–Kier alpha value is -2.37. The van der Waals surface area contributed by atoms with Crippen LogP contribution in [-0.4, -0.2) is 15.8 Å². The summed E-state index contributed by atoms with van der Waals surface area (Å²) in [4.78, 5) is 12.1. The topological polar surface area (TPSA) is 72.9 Å². The fourth-order valence-electron chi connectivity index (χ4n) is 1.17. The molecular formula is C10H9FN4O. The van der Waals surface area contributed by atoms with Crippen LogP contribution in [0.2, 0.25) is 0 Å². The van der Waals surface area contributed by atoms with E-state index >= 15 is 0 Å². The van der Waals surface area contributed by atoms with E-state index < -0.39 is 5.91 Å². The van der Waals surface area contributed by atoms with E-state index in [1.54, 1.807) is 12.1 Å². The molecule has 16 heavy (non-hydrogen) atoms. The molecule has 1 amide bonds. The predicted molar refractivity (Wildman–Crippen MR) is 56.2 cm³/mol. The second kappa shape index (κ2) is 4.01. The van der Waals surface area contributed by atoms with Crippen molar-refractivity contribution < 1.29 is 9.18 Å². The first-order valence-corrected chi connectivity index (χ1v) is 4.52. The number of carbonyl (C=O) groups excluding carboxylic acids is 1. The quantitative estimate of drug-likeness (QED) is 0.810. The summed E-state index contributed by atoms with van der Waals surface area (Å²) in [5.41, 5.74) is 8.86. The van der Waals surface area contributed by atoms with E-state index in [2.05, 4.69) is 10.5 Å². The van der Waals surface area contributed by atoms with Gasteiger partial charge in [0.25, 0.3) is 5.91 Å². The molecular weight excluding hydrogens is 211 g/mol. The molecule has 0 atom stereocenters. The molecule has 1 heterocycles. The molecule has 5 nitrogen and oxygen atoms in total. The molecule has 1 aromatic heterocycles. The standard InChI is InChI=1S/C10H9FN4O/c11-8-1-3-9(4-2-8)14-15-6-7(5-13-15)10(12)16/h1-6,14H,(H2,12,16). The van der Waals surface area contributed by atoms with E-state index in [-0.39, 0.29) is 5.82 Å². The van der Waals surface area contributed by atoms with Gasteiger partial charge in [0.1, 0.15) is 5.82 Å². The first-order chi connectivity index (χ1) is 7.65. The lowest BCUT2D eigenvalue weighted by Gasteiger charge is -2.04. The number of anilines is 1. The van der Waals surface area contributed by atoms with Gasteiger partial charge in [-0.2, -0.15) is 9.89 Å². The van der Waals surface area contributed by atoms with Gasteiger partial charge in [0, 0.05) is 0 Å². The number of nitrogens with one attached hydrogen (secondary N) is 1. The Morgan fingerprint density at radius 3 is 2.62 bits per heavy atom. The number of amides is 1. The highest BCUT2D eigenvalue weighted by Crippen LogP contribution is 2.08. The van der Waals surface area contributed by atoms with Crippen molar-refractivity contribution in [1.82, 2.24) is 9.89 Å². The van der Waals surface area contributed by atoms with Crippen LogP contribution in [0, 0.1) is 5.82 Å². The Morgan fingerprint density at radius 1 is 1.38 bits per heavy atom. The van der Waals surface area contributed by atoms with Crippen molar-refractivity contribution in [2.75, 3.05) is 5.43 Å². The third-order valence-electron chi connectivity index (χ3n) is 1.95. The second-order valence-electron chi connectivity index (χ2n) is 3.16. The Kier molecular flexibility index (Phi) is 2.55. The molecule has 0 spiro atoms. The van der Waals surface area contributed by atoms with Crippen LogP contribution < -0.4 is 11.2 Å². The molecule has 0 fully saturated rings. The number of primary amides is 1. The van der Waals surface area contributed by atoms with Gasteiger partial charge in [-0.1, -0.05) is 0 Å². The number of rotatable bonds is 3. The molecule has 0 saturated heterocycles. The minimum atomic E-state index is -0.549. The molecule has 2 aromatic rings. The highest BCUT2D eigenvalue weighted by Gasteiger charge is 2.03. The maximum absolute atomic E-state index is 12.6. The van der Waals surface area contributed by atoms with Gasteiger partial charge in [-0.25, -0.2) is 4.39 Å². The SMILES string of the molecule is NC(=O)c1cnn(Nc2ccc(F)cc2)c1.